The van der Waals surface area contributed by atoms with Gasteiger partial charge in [-0.2, -0.15) is 0 Å². The SMILES string of the molecule is CCc1ccc(CC(O)COC(C)(C)C)s1. The van der Waals surface area contributed by atoms with Gasteiger partial charge in [0.05, 0.1) is 18.3 Å². The lowest BCUT2D eigenvalue weighted by Crippen LogP contribution is -2.27. The van der Waals surface area contributed by atoms with Crippen molar-refractivity contribution in [1.29, 1.82) is 0 Å². The van der Waals surface area contributed by atoms with E-state index in [4.69, 9.17) is 4.74 Å². The van der Waals surface area contributed by atoms with Crippen molar-refractivity contribution in [2.45, 2.75) is 52.2 Å². The number of aryl methyl sites for hydroxylation is 1. The minimum absolute atomic E-state index is 0.176. The van der Waals surface area contributed by atoms with Crippen LogP contribution >= 0.6 is 11.3 Å². The lowest BCUT2D eigenvalue weighted by Gasteiger charge is -2.21. The van der Waals surface area contributed by atoms with Crippen molar-refractivity contribution in [2.24, 2.45) is 0 Å². The van der Waals surface area contributed by atoms with Crippen molar-refractivity contribution < 1.29 is 9.84 Å². The first-order valence-corrected chi connectivity index (χ1v) is 6.62. The molecule has 1 N–H and O–H groups in total. The summed E-state index contributed by atoms with van der Waals surface area (Å²) < 4.78 is 5.55. The van der Waals surface area contributed by atoms with Gasteiger partial charge in [-0.25, -0.2) is 0 Å². The molecule has 1 unspecified atom stereocenters. The summed E-state index contributed by atoms with van der Waals surface area (Å²) in [5.41, 5.74) is -0.176. The molecule has 1 rings (SSSR count). The topological polar surface area (TPSA) is 29.5 Å². The van der Waals surface area contributed by atoms with E-state index in [9.17, 15) is 5.11 Å². The van der Waals surface area contributed by atoms with Crippen molar-refractivity contribution in [2.75, 3.05) is 6.61 Å². The quantitative estimate of drug-likeness (QED) is 0.860. The molecule has 0 aliphatic carbocycles. The van der Waals surface area contributed by atoms with Crippen LogP contribution in [0.15, 0.2) is 12.1 Å². The molecule has 1 heterocycles. The van der Waals surface area contributed by atoms with Gasteiger partial charge in [0.1, 0.15) is 0 Å². The van der Waals surface area contributed by atoms with E-state index in [0.29, 0.717) is 13.0 Å². The molecule has 0 aromatic carbocycles. The Labute approximate surface area is 102 Å². The van der Waals surface area contributed by atoms with Gasteiger partial charge in [-0.1, -0.05) is 6.92 Å². The van der Waals surface area contributed by atoms with Gasteiger partial charge < -0.3 is 9.84 Å². The van der Waals surface area contributed by atoms with E-state index < -0.39 is 6.10 Å². The summed E-state index contributed by atoms with van der Waals surface area (Å²) in [4.78, 5) is 2.61. The second kappa shape index (κ2) is 5.80. The summed E-state index contributed by atoms with van der Waals surface area (Å²) in [7, 11) is 0. The largest absolute Gasteiger partial charge is 0.390 e. The van der Waals surface area contributed by atoms with E-state index in [1.165, 1.54) is 9.75 Å². The lowest BCUT2D eigenvalue weighted by molar-refractivity contribution is -0.0480. The maximum Gasteiger partial charge on any atom is 0.0822 e. The Morgan fingerprint density at radius 2 is 1.94 bits per heavy atom. The maximum absolute atomic E-state index is 9.83. The van der Waals surface area contributed by atoms with Gasteiger partial charge in [0.15, 0.2) is 0 Å². The van der Waals surface area contributed by atoms with E-state index >= 15 is 0 Å². The van der Waals surface area contributed by atoms with Crippen molar-refractivity contribution in [1.82, 2.24) is 0 Å². The third-order valence-electron chi connectivity index (χ3n) is 2.21. The molecule has 1 aromatic heterocycles. The van der Waals surface area contributed by atoms with E-state index in [1.54, 1.807) is 11.3 Å². The first kappa shape index (κ1) is 13.7. The average molecular weight is 242 g/mol. The number of hydrogen-bond acceptors (Lipinski definition) is 3. The molecule has 2 nitrogen and oxygen atoms in total. The van der Waals surface area contributed by atoms with Gasteiger partial charge >= 0.3 is 0 Å². The standard InChI is InChI=1S/C13H22O2S/c1-5-11-6-7-12(16-11)8-10(14)9-15-13(2,3)4/h6-7,10,14H,5,8-9H2,1-4H3. The molecule has 0 amide bonds. The molecular weight excluding hydrogens is 220 g/mol. The van der Waals surface area contributed by atoms with Gasteiger partial charge in [0.2, 0.25) is 0 Å². The molecule has 0 radical (unpaired) electrons. The summed E-state index contributed by atoms with van der Waals surface area (Å²) in [6, 6.07) is 4.24. The van der Waals surface area contributed by atoms with Crippen LogP contribution in [0.1, 0.15) is 37.4 Å². The first-order chi connectivity index (χ1) is 7.40. The molecule has 0 saturated heterocycles. The predicted octanol–water partition coefficient (Wildman–Crippen LogP) is 3.03. The third-order valence-corrected chi connectivity index (χ3v) is 3.46. The Morgan fingerprint density at radius 1 is 1.31 bits per heavy atom. The monoisotopic (exact) mass is 242 g/mol. The van der Waals surface area contributed by atoms with E-state index in [2.05, 4.69) is 19.1 Å². The molecule has 92 valence electrons. The summed E-state index contributed by atoms with van der Waals surface area (Å²) in [5, 5.41) is 9.83. The second-order valence-electron chi connectivity index (χ2n) is 5.00. The average Bonchev–Trinajstić information content (AvgIpc) is 2.61. The molecular formula is C13H22O2S. The van der Waals surface area contributed by atoms with Gasteiger partial charge in [-0.05, 0) is 39.3 Å². The van der Waals surface area contributed by atoms with Gasteiger partial charge in [0.25, 0.3) is 0 Å². The maximum atomic E-state index is 9.83. The number of aliphatic hydroxyl groups excluding tert-OH is 1. The number of aliphatic hydroxyl groups is 1. The second-order valence-corrected chi connectivity index (χ2v) is 6.26. The summed E-state index contributed by atoms with van der Waals surface area (Å²) in [6.07, 6.45) is 1.36. The zero-order valence-electron chi connectivity index (χ0n) is 10.6. The highest BCUT2D eigenvalue weighted by molar-refractivity contribution is 7.11. The summed E-state index contributed by atoms with van der Waals surface area (Å²) in [5.74, 6) is 0. The van der Waals surface area contributed by atoms with Crippen LogP contribution in [0.4, 0.5) is 0 Å². The van der Waals surface area contributed by atoms with Crippen LogP contribution in [0.25, 0.3) is 0 Å². The smallest absolute Gasteiger partial charge is 0.0822 e. The molecule has 0 saturated carbocycles. The first-order valence-electron chi connectivity index (χ1n) is 5.80. The zero-order valence-corrected chi connectivity index (χ0v) is 11.4. The predicted molar refractivity (Wildman–Crippen MR) is 69.1 cm³/mol. The molecule has 0 bridgehead atoms. The molecule has 3 heteroatoms. The number of rotatable bonds is 5. The van der Waals surface area contributed by atoms with Crippen molar-refractivity contribution >= 4 is 11.3 Å². The summed E-state index contributed by atoms with van der Waals surface area (Å²) in [6.45, 7) is 8.55. The Kier molecular flexibility index (Phi) is 4.96. The van der Waals surface area contributed by atoms with Crippen molar-refractivity contribution in [3.05, 3.63) is 21.9 Å². The summed E-state index contributed by atoms with van der Waals surface area (Å²) >= 11 is 1.78. The molecule has 0 aliphatic heterocycles. The van der Waals surface area contributed by atoms with Gasteiger partial charge in [0, 0.05) is 16.2 Å². The van der Waals surface area contributed by atoms with Crippen molar-refractivity contribution in [3.8, 4) is 0 Å². The van der Waals surface area contributed by atoms with Crippen LogP contribution in [0, 0.1) is 0 Å². The van der Waals surface area contributed by atoms with Crippen LogP contribution in [0.5, 0.6) is 0 Å². The molecule has 0 spiro atoms. The highest BCUT2D eigenvalue weighted by Gasteiger charge is 2.14. The van der Waals surface area contributed by atoms with Crippen LogP contribution in [0.3, 0.4) is 0 Å². The molecule has 0 aliphatic rings. The Hall–Kier alpha value is -0.380. The minimum Gasteiger partial charge on any atom is -0.390 e. The third kappa shape index (κ3) is 5.10. The zero-order chi connectivity index (χ0) is 12.2. The normalized spacial score (nSPS) is 14.1. The number of hydrogen-bond donors (Lipinski definition) is 1. The fourth-order valence-electron chi connectivity index (χ4n) is 1.36. The molecule has 1 atom stereocenters. The molecule has 16 heavy (non-hydrogen) atoms. The Balaban J connectivity index is 2.36. The highest BCUT2D eigenvalue weighted by atomic mass is 32.1. The van der Waals surface area contributed by atoms with E-state index in [1.807, 2.05) is 20.8 Å². The van der Waals surface area contributed by atoms with E-state index in [0.717, 1.165) is 6.42 Å². The fourth-order valence-corrected chi connectivity index (χ4v) is 2.39. The number of thiophene rings is 1. The molecule has 0 fully saturated rings. The van der Waals surface area contributed by atoms with Crippen LogP contribution in [-0.2, 0) is 17.6 Å². The van der Waals surface area contributed by atoms with E-state index in [-0.39, 0.29) is 5.60 Å². The van der Waals surface area contributed by atoms with Gasteiger partial charge in [-0.15, -0.1) is 11.3 Å². The van der Waals surface area contributed by atoms with Gasteiger partial charge in [-0.3, -0.25) is 0 Å². The lowest BCUT2D eigenvalue weighted by atomic mass is 10.2. The Morgan fingerprint density at radius 3 is 2.44 bits per heavy atom. The minimum atomic E-state index is -0.400. The van der Waals surface area contributed by atoms with Crippen LogP contribution < -0.4 is 0 Å². The number of ether oxygens (including phenoxy) is 1. The highest BCUT2D eigenvalue weighted by Crippen LogP contribution is 2.19. The fraction of sp³-hybridized carbons (Fsp3) is 0.692. The van der Waals surface area contributed by atoms with Crippen LogP contribution in [0.2, 0.25) is 0 Å². The van der Waals surface area contributed by atoms with Crippen molar-refractivity contribution in [3.63, 3.8) is 0 Å². The molecule has 1 aromatic rings. The Bertz CT molecular complexity index is 312. The van der Waals surface area contributed by atoms with Crippen LogP contribution in [-0.4, -0.2) is 23.4 Å².